The lowest BCUT2D eigenvalue weighted by molar-refractivity contribution is -0.139. The minimum absolute atomic E-state index is 0.156. The summed E-state index contributed by atoms with van der Waals surface area (Å²) in [5.41, 5.74) is 4.24. The SMILES string of the molecule is CCOCC1=CC(OC)=C(c2ccc(C[C@H](NC(=O)c3c(I)cccc3I)C(=O)O)cc2)C(OC)C1. The van der Waals surface area contributed by atoms with Gasteiger partial charge >= 0.3 is 5.97 Å². The molecule has 2 aromatic carbocycles. The number of amides is 1. The molecule has 1 amide bonds. The van der Waals surface area contributed by atoms with Crippen LogP contribution in [0, 0.1) is 7.14 Å². The van der Waals surface area contributed by atoms with Crippen LogP contribution in [0.1, 0.15) is 34.8 Å². The fraction of sp³-hybridized carbons (Fsp3) is 0.333. The van der Waals surface area contributed by atoms with E-state index in [1.807, 2.05) is 55.5 Å². The molecule has 0 radical (unpaired) electrons. The van der Waals surface area contributed by atoms with Crippen molar-refractivity contribution in [1.82, 2.24) is 5.32 Å². The van der Waals surface area contributed by atoms with Crippen LogP contribution in [0.4, 0.5) is 0 Å². The molecule has 0 saturated heterocycles. The van der Waals surface area contributed by atoms with Gasteiger partial charge in [0.15, 0.2) is 0 Å². The Morgan fingerprint density at radius 1 is 1.11 bits per heavy atom. The highest BCUT2D eigenvalue weighted by Crippen LogP contribution is 2.34. The summed E-state index contributed by atoms with van der Waals surface area (Å²) in [5, 5.41) is 12.4. The first-order chi connectivity index (χ1) is 17.3. The maximum absolute atomic E-state index is 12.9. The van der Waals surface area contributed by atoms with E-state index in [1.54, 1.807) is 14.2 Å². The number of hydrogen-bond donors (Lipinski definition) is 2. The molecule has 3 rings (SSSR count). The highest BCUT2D eigenvalue weighted by atomic mass is 127. The summed E-state index contributed by atoms with van der Waals surface area (Å²) < 4.78 is 18.5. The van der Waals surface area contributed by atoms with Crippen LogP contribution in [0.15, 0.2) is 59.9 Å². The molecule has 0 aromatic heterocycles. The van der Waals surface area contributed by atoms with Gasteiger partial charge in [-0.1, -0.05) is 30.3 Å². The number of benzene rings is 2. The summed E-state index contributed by atoms with van der Waals surface area (Å²) in [4.78, 5) is 24.8. The topological polar surface area (TPSA) is 94.1 Å². The predicted molar refractivity (Wildman–Crippen MR) is 155 cm³/mol. The van der Waals surface area contributed by atoms with E-state index in [-0.39, 0.29) is 12.5 Å². The second-order valence-corrected chi connectivity index (χ2v) is 10.5. The normalized spacial score (nSPS) is 16.4. The molecule has 2 atom stereocenters. The molecule has 0 fully saturated rings. The first-order valence-electron chi connectivity index (χ1n) is 11.4. The van der Waals surface area contributed by atoms with Crippen LogP contribution in [0.2, 0.25) is 0 Å². The largest absolute Gasteiger partial charge is 0.496 e. The summed E-state index contributed by atoms with van der Waals surface area (Å²) in [5.74, 6) is -0.766. The maximum Gasteiger partial charge on any atom is 0.326 e. The fourth-order valence-electron chi connectivity index (χ4n) is 4.05. The van der Waals surface area contributed by atoms with Crippen molar-refractivity contribution >= 4 is 62.6 Å². The van der Waals surface area contributed by atoms with Gasteiger partial charge in [-0.15, -0.1) is 0 Å². The monoisotopic (exact) mass is 717 g/mol. The van der Waals surface area contributed by atoms with Crippen molar-refractivity contribution < 1.29 is 28.9 Å². The molecule has 0 heterocycles. The van der Waals surface area contributed by atoms with Gasteiger partial charge in [0.25, 0.3) is 5.91 Å². The number of nitrogens with one attached hydrogen (secondary N) is 1. The Labute approximate surface area is 238 Å². The van der Waals surface area contributed by atoms with Crippen molar-refractivity contribution in [3.05, 3.63) is 83.7 Å². The van der Waals surface area contributed by atoms with Crippen LogP contribution in [0.5, 0.6) is 0 Å². The summed E-state index contributed by atoms with van der Waals surface area (Å²) in [6.07, 6.45) is 2.67. The molecule has 2 aromatic rings. The molecule has 36 heavy (non-hydrogen) atoms. The Kier molecular flexibility index (Phi) is 10.8. The smallest absolute Gasteiger partial charge is 0.326 e. The van der Waals surface area contributed by atoms with Gasteiger partial charge in [-0.2, -0.15) is 0 Å². The number of hydrogen-bond acceptors (Lipinski definition) is 5. The quantitative estimate of drug-likeness (QED) is 0.316. The number of halogens is 2. The zero-order valence-electron chi connectivity index (χ0n) is 20.3. The Bertz CT molecular complexity index is 1140. The summed E-state index contributed by atoms with van der Waals surface area (Å²) in [7, 11) is 3.30. The average Bonchev–Trinajstić information content (AvgIpc) is 2.86. The van der Waals surface area contributed by atoms with Crippen LogP contribution in [-0.2, 0) is 25.4 Å². The Hall–Kier alpha value is -1.96. The van der Waals surface area contributed by atoms with Gasteiger partial charge in [0.2, 0.25) is 0 Å². The van der Waals surface area contributed by atoms with Crippen molar-refractivity contribution in [1.29, 1.82) is 0 Å². The first-order valence-corrected chi connectivity index (χ1v) is 13.6. The lowest BCUT2D eigenvalue weighted by Crippen LogP contribution is -2.42. The van der Waals surface area contributed by atoms with E-state index in [1.165, 1.54) is 0 Å². The van der Waals surface area contributed by atoms with Crippen molar-refractivity contribution in [2.24, 2.45) is 0 Å². The Morgan fingerprint density at radius 3 is 2.33 bits per heavy atom. The predicted octanol–water partition coefficient (Wildman–Crippen LogP) is 5.06. The zero-order chi connectivity index (χ0) is 26.2. The molecule has 1 aliphatic carbocycles. The molecule has 1 aliphatic rings. The number of rotatable bonds is 11. The fourth-order valence-corrected chi connectivity index (χ4v) is 6.06. The highest BCUT2D eigenvalue weighted by molar-refractivity contribution is 14.1. The van der Waals surface area contributed by atoms with Crippen molar-refractivity contribution in [3.63, 3.8) is 0 Å². The lowest BCUT2D eigenvalue weighted by atomic mass is 9.88. The van der Waals surface area contributed by atoms with E-state index in [2.05, 4.69) is 50.5 Å². The summed E-state index contributed by atoms with van der Waals surface area (Å²) in [6, 6.07) is 12.1. The molecule has 192 valence electrons. The highest BCUT2D eigenvalue weighted by Gasteiger charge is 2.27. The second-order valence-electron chi connectivity index (χ2n) is 8.21. The third-order valence-corrected chi connectivity index (χ3v) is 7.66. The molecule has 0 spiro atoms. The molecular weight excluding hydrogens is 688 g/mol. The van der Waals surface area contributed by atoms with E-state index in [0.29, 0.717) is 25.2 Å². The summed E-state index contributed by atoms with van der Waals surface area (Å²) >= 11 is 4.16. The molecule has 0 bridgehead atoms. The van der Waals surface area contributed by atoms with Gasteiger partial charge in [-0.05, 0) is 87.0 Å². The number of carboxylic acid groups (broad SMARTS) is 1. The van der Waals surface area contributed by atoms with E-state index >= 15 is 0 Å². The molecule has 7 nitrogen and oxygen atoms in total. The first kappa shape index (κ1) is 28.6. The molecule has 9 heteroatoms. The van der Waals surface area contributed by atoms with E-state index in [9.17, 15) is 14.7 Å². The molecular formula is C27H29I2NO6. The molecule has 1 unspecified atom stereocenters. The maximum atomic E-state index is 12.9. The van der Waals surface area contributed by atoms with Crippen LogP contribution in [0.3, 0.4) is 0 Å². The number of carbonyl (C=O) groups is 2. The van der Waals surface area contributed by atoms with E-state index in [0.717, 1.165) is 35.2 Å². The average molecular weight is 717 g/mol. The molecule has 0 aliphatic heterocycles. The van der Waals surface area contributed by atoms with Gasteiger partial charge in [-0.3, -0.25) is 4.79 Å². The second kappa shape index (κ2) is 13.5. The van der Waals surface area contributed by atoms with Crippen molar-refractivity contribution in [3.8, 4) is 0 Å². The molecule has 0 saturated carbocycles. The minimum atomic E-state index is -1.09. The number of allylic oxidation sites excluding steroid dienone is 1. The number of ether oxygens (including phenoxy) is 3. The third kappa shape index (κ3) is 7.08. The Balaban J connectivity index is 1.81. The number of carbonyl (C=O) groups excluding carboxylic acids is 1. The number of methoxy groups -OCH3 is 2. The number of carboxylic acids is 1. The standard InChI is InChI=1S/C27H29I2NO6/c1-4-36-15-17-13-22(34-2)24(23(14-17)35-3)18-10-8-16(9-11-18)12-21(27(32)33)30-26(31)25-19(28)6-5-7-20(25)29/h5-11,13,21,23H,4,12,14-15H2,1-3H3,(H,30,31)(H,32,33)/t21-,23?/m0/s1. The van der Waals surface area contributed by atoms with Gasteiger partial charge in [0.1, 0.15) is 11.8 Å². The van der Waals surface area contributed by atoms with Gasteiger partial charge in [0.05, 0.1) is 25.4 Å². The van der Waals surface area contributed by atoms with Crippen LogP contribution in [0.25, 0.3) is 5.57 Å². The minimum Gasteiger partial charge on any atom is -0.496 e. The van der Waals surface area contributed by atoms with Crippen molar-refractivity contribution in [2.75, 3.05) is 27.4 Å². The Morgan fingerprint density at radius 2 is 1.78 bits per heavy atom. The number of aliphatic carboxylic acids is 1. The third-order valence-electron chi connectivity index (χ3n) is 5.86. The van der Waals surface area contributed by atoms with Crippen LogP contribution < -0.4 is 5.32 Å². The zero-order valence-corrected chi connectivity index (χ0v) is 24.7. The van der Waals surface area contributed by atoms with E-state index < -0.39 is 17.9 Å². The van der Waals surface area contributed by atoms with Gasteiger partial charge < -0.3 is 24.6 Å². The molecule has 2 N–H and O–H groups in total. The van der Waals surface area contributed by atoms with Gasteiger partial charge in [-0.25, -0.2) is 4.79 Å². The van der Waals surface area contributed by atoms with Crippen LogP contribution >= 0.6 is 45.2 Å². The summed E-state index contributed by atoms with van der Waals surface area (Å²) in [6.45, 7) is 3.12. The van der Waals surface area contributed by atoms with E-state index in [4.69, 9.17) is 14.2 Å². The lowest BCUT2D eigenvalue weighted by Gasteiger charge is -2.27. The van der Waals surface area contributed by atoms with Gasteiger partial charge in [0, 0.05) is 39.3 Å². The van der Waals surface area contributed by atoms with Crippen molar-refractivity contribution in [2.45, 2.75) is 31.9 Å². The van der Waals surface area contributed by atoms with Crippen LogP contribution in [-0.4, -0.2) is 56.6 Å².